The maximum Gasteiger partial charge on any atom is 1.00 e. The molecule has 0 atom stereocenters. The smallest absolute Gasteiger partial charge is 0.743 e. The fourth-order valence-electron chi connectivity index (χ4n) is 1.64. The minimum Gasteiger partial charge on any atom is -0.743 e. The van der Waals surface area contributed by atoms with E-state index in [2.05, 4.69) is 0 Å². The van der Waals surface area contributed by atoms with E-state index in [1.807, 2.05) is 0 Å². The van der Waals surface area contributed by atoms with Gasteiger partial charge >= 0.3 is 71.5 Å². The summed E-state index contributed by atoms with van der Waals surface area (Å²) in [6, 6.07) is 0. The first-order chi connectivity index (χ1) is 13.8. The second kappa shape index (κ2) is 8.64. The van der Waals surface area contributed by atoms with E-state index < -0.39 is 69.4 Å². The Labute approximate surface area is 185 Å². The summed E-state index contributed by atoms with van der Waals surface area (Å²) in [5, 5.41) is -8.06. The van der Waals surface area contributed by atoms with Crippen LogP contribution in [0.15, 0.2) is 0 Å². The molecule has 0 N–H and O–H groups in total. The van der Waals surface area contributed by atoms with Gasteiger partial charge in [-0.2, -0.15) is 79.0 Å². The summed E-state index contributed by atoms with van der Waals surface area (Å²) < 4.78 is 276. The molecular formula is C10H2F19LiO3S. The average Bonchev–Trinajstić information content (AvgIpc) is 2.59. The Hall–Kier alpha value is -0.823. The van der Waals surface area contributed by atoms with Crippen molar-refractivity contribution in [3.63, 3.8) is 0 Å². The predicted molar refractivity (Wildman–Crippen MR) is 60.2 cm³/mol. The molecule has 0 bridgehead atoms. The van der Waals surface area contributed by atoms with Crippen molar-refractivity contribution in [1.29, 1.82) is 0 Å². The topological polar surface area (TPSA) is 57.2 Å². The van der Waals surface area contributed by atoms with Crippen molar-refractivity contribution >= 4 is 10.1 Å². The third-order valence-electron chi connectivity index (χ3n) is 3.67. The molecule has 0 aromatic heterocycles. The van der Waals surface area contributed by atoms with Crippen molar-refractivity contribution in [2.75, 3.05) is 6.67 Å². The standard InChI is InChI=1S/C10H3F19O3S.Li/c11-1-2(12,13)3(14,15)4(16,17)5(18,19)6(20,21)7(22,23)8(24,25)9(26,27)10(28,29)33(30,31)32;/h1H2,(H,30,31,32);/q;+1/p-1. The van der Waals surface area contributed by atoms with Crippen LogP contribution >= 0.6 is 0 Å². The summed E-state index contributed by atoms with van der Waals surface area (Å²) in [5.74, 6) is -68.9. The summed E-state index contributed by atoms with van der Waals surface area (Å²) >= 11 is 0. The fourth-order valence-corrected chi connectivity index (χ4v) is 2.08. The third kappa shape index (κ3) is 4.10. The Morgan fingerprint density at radius 2 is 0.676 bits per heavy atom. The van der Waals surface area contributed by atoms with Gasteiger partial charge in [-0.05, 0) is 0 Å². The van der Waals surface area contributed by atoms with Crippen molar-refractivity contribution in [2.24, 2.45) is 0 Å². The van der Waals surface area contributed by atoms with Crippen LogP contribution in [0.3, 0.4) is 0 Å². The van der Waals surface area contributed by atoms with E-state index in [1.54, 1.807) is 0 Å². The molecule has 24 heteroatoms. The van der Waals surface area contributed by atoms with Gasteiger partial charge in [-0.1, -0.05) is 0 Å². The molecule has 0 aliphatic carbocycles. The predicted octanol–water partition coefficient (Wildman–Crippen LogP) is 2.18. The summed E-state index contributed by atoms with van der Waals surface area (Å²) in [6.07, 6.45) is 0. The van der Waals surface area contributed by atoms with Crippen LogP contribution in [0.2, 0.25) is 0 Å². The van der Waals surface area contributed by atoms with Crippen molar-refractivity contribution in [3.05, 3.63) is 0 Å². The SMILES string of the molecule is O=S(=O)([O-])C(F)(F)C(F)(F)C(F)(F)C(F)(F)C(F)(F)C(F)(F)C(F)(F)C(F)(F)C(F)(F)CF.[Li+]. The normalized spacial score (nSPS) is 16.4. The van der Waals surface area contributed by atoms with E-state index in [4.69, 9.17) is 0 Å². The van der Waals surface area contributed by atoms with Gasteiger partial charge in [0.05, 0.1) is 0 Å². The second-order valence-electron chi connectivity index (χ2n) is 5.83. The van der Waals surface area contributed by atoms with E-state index in [9.17, 15) is 96.4 Å². The van der Waals surface area contributed by atoms with Gasteiger partial charge in [0.2, 0.25) is 0 Å². The monoisotopic (exact) mass is 570 g/mol. The van der Waals surface area contributed by atoms with E-state index in [0.29, 0.717) is 0 Å². The first-order valence-corrected chi connectivity index (χ1v) is 8.13. The van der Waals surface area contributed by atoms with Crippen LogP contribution in [-0.4, -0.2) is 72.3 Å². The zero-order valence-electron chi connectivity index (χ0n) is 15.0. The molecule has 0 saturated heterocycles. The molecule has 0 aliphatic rings. The molecule has 0 radical (unpaired) electrons. The Morgan fingerprint density at radius 3 is 0.882 bits per heavy atom. The average molecular weight is 570 g/mol. The molecular weight excluding hydrogens is 568 g/mol. The van der Waals surface area contributed by atoms with Crippen LogP contribution in [-0.2, 0) is 10.1 Å². The first kappa shape index (κ1) is 35.3. The molecule has 0 aromatic carbocycles. The maximum atomic E-state index is 13.3. The van der Waals surface area contributed by atoms with E-state index in [-0.39, 0.29) is 18.9 Å². The van der Waals surface area contributed by atoms with Crippen LogP contribution in [0.1, 0.15) is 0 Å². The fraction of sp³-hybridized carbons (Fsp3) is 1.00. The van der Waals surface area contributed by atoms with Crippen molar-refractivity contribution in [1.82, 2.24) is 0 Å². The number of rotatable bonds is 10. The van der Waals surface area contributed by atoms with E-state index >= 15 is 0 Å². The van der Waals surface area contributed by atoms with Gasteiger partial charge in [0.1, 0.15) is 0 Å². The molecule has 0 saturated carbocycles. The van der Waals surface area contributed by atoms with Crippen LogP contribution in [0.25, 0.3) is 0 Å². The van der Waals surface area contributed by atoms with Gasteiger partial charge in [0.25, 0.3) is 0 Å². The number of halogens is 19. The summed E-state index contributed by atoms with van der Waals surface area (Å²) in [6.45, 7) is -4.10. The van der Waals surface area contributed by atoms with Crippen LogP contribution < -0.4 is 18.9 Å². The minimum atomic E-state index is -9.13. The minimum absolute atomic E-state index is 0. The van der Waals surface area contributed by atoms with Gasteiger partial charge in [0.15, 0.2) is 16.8 Å². The third-order valence-corrected chi connectivity index (χ3v) is 4.56. The number of hydrogen-bond acceptors (Lipinski definition) is 3. The molecule has 0 heterocycles. The van der Waals surface area contributed by atoms with Crippen LogP contribution in [0, 0.1) is 0 Å². The van der Waals surface area contributed by atoms with Gasteiger partial charge in [-0.15, -0.1) is 0 Å². The molecule has 0 spiro atoms. The summed E-state index contributed by atoms with van der Waals surface area (Å²) in [5.41, 5.74) is 0. The Kier molecular flexibility index (Phi) is 8.98. The van der Waals surface area contributed by atoms with Gasteiger partial charge < -0.3 is 4.55 Å². The first-order valence-electron chi connectivity index (χ1n) is 6.73. The molecule has 0 aliphatic heterocycles. The number of hydrogen-bond donors (Lipinski definition) is 0. The van der Waals surface area contributed by atoms with Gasteiger partial charge in [-0.3, -0.25) is 0 Å². The number of alkyl halides is 19. The zero-order chi connectivity index (χ0) is 27.7. The molecule has 0 rings (SSSR count). The zero-order valence-corrected chi connectivity index (χ0v) is 15.8. The Balaban J connectivity index is 0. The van der Waals surface area contributed by atoms with Crippen molar-refractivity contribution in [2.45, 2.75) is 52.6 Å². The largest absolute Gasteiger partial charge is 1.00 e. The van der Waals surface area contributed by atoms with Crippen LogP contribution in [0.5, 0.6) is 0 Å². The maximum absolute atomic E-state index is 13.3. The summed E-state index contributed by atoms with van der Waals surface area (Å²) in [7, 11) is -8.25. The molecule has 0 amide bonds. The van der Waals surface area contributed by atoms with E-state index in [0.717, 1.165) is 0 Å². The molecule has 200 valence electrons. The van der Waals surface area contributed by atoms with E-state index in [1.165, 1.54) is 0 Å². The molecule has 34 heavy (non-hydrogen) atoms. The molecule has 0 aromatic rings. The van der Waals surface area contributed by atoms with Crippen molar-refractivity contribution < 1.29 is 115 Å². The van der Waals surface area contributed by atoms with Crippen molar-refractivity contribution in [3.8, 4) is 0 Å². The van der Waals surface area contributed by atoms with Gasteiger partial charge in [0, 0.05) is 0 Å². The second-order valence-corrected chi connectivity index (χ2v) is 7.25. The Bertz CT molecular complexity index is 850. The Morgan fingerprint density at radius 1 is 0.471 bits per heavy atom. The van der Waals surface area contributed by atoms with Crippen LogP contribution in [0.4, 0.5) is 83.4 Å². The quantitative estimate of drug-likeness (QED) is 0.230. The molecule has 0 fully saturated rings. The molecule has 0 unspecified atom stereocenters. The molecule has 3 nitrogen and oxygen atoms in total. The van der Waals surface area contributed by atoms with Gasteiger partial charge in [-0.25, -0.2) is 12.8 Å². The summed E-state index contributed by atoms with van der Waals surface area (Å²) in [4.78, 5) is 0.